The van der Waals surface area contributed by atoms with Crippen molar-refractivity contribution in [3.05, 3.63) is 105 Å². The zero-order chi connectivity index (χ0) is 40.7. The molecule has 2 atom stereocenters. The van der Waals surface area contributed by atoms with Crippen molar-refractivity contribution in [3.8, 4) is 39.9 Å². The van der Waals surface area contributed by atoms with Crippen molar-refractivity contribution in [2.75, 3.05) is 21.3 Å². The molecule has 0 spiro atoms. The number of carboxylic acid groups (broad SMARTS) is 1. The first-order valence-corrected chi connectivity index (χ1v) is 17.4. The quantitative estimate of drug-likeness (QED) is 0.139. The molecule has 6 rings (SSSR count). The van der Waals surface area contributed by atoms with Crippen LogP contribution in [0.4, 0.5) is 10.5 Å². The number of alkyl carbamates (subject to hydrolysis) is 1. The van der Waals surface area contributed by atoms with Gasteiger partial charge in [0.05, 0.1) is 32.7 Å². The molecule has 4 aromatic rings. The summed E-state index contributed by atoms with van der Waals surface area (Å²) >= 11 is 0. The Balaban J connectivity index is 1.68. The fourth-order valence-corrected chi connectivity index (χ4v) is 6.12. The van der Waals surface area contributed by atoms with Gasteiger partial charge in [-0.2, -0.15) is 0 Å². The number of nitro benzene ring substituents is 1. The summed E-state index contributed by atoms with van der Waals surface area (Å²) < 4.78 is 28.3. The number of nitrogens with one attached hydrogen (secondary N) is 3. The van der Waals surface area contributed by atoms with Gasteiger partial charge in [0.25, 0.3) is 0 Å². The van der Waals surface area contributed by atoms with Gasteiger partial charge >= 0.3 is 17.7 Å². The van der Waals surface area contributed by atoms with E-state index in [0.29, 0.717) is 39.3 Å². The van der Waals surface area contributed by atoms with E-state index in [1.54, 1.807) is 63.2 Å². The Morgan fingerprint density at radius 1 is 0.929 bits per heavy atom. The van der Waals surface area contributed by atoms with Crippen molar-refractivity contribution < 1.29 is 52.9 Å². The molecular weight excluding hydrogens is 728 g/mol. The summed E-state index contributed by atoms with van der Waals surface area (Å²) in [6.07, 6.45) is -1.32. The van der Waals surface area contributed by atoms with Crippen LogP contribution in [0.25, 0.3) is 11.1 Å². The number of aliphatic carboxylic acids is 1. The van der Waals surface area contributed by atoms with Crippen molar-refractivity contribution in [1.82, 2.24) is 16.0 Å². The predicted octanol–water partition coefficient (Wildman–Crippen LogP) is 5.63. The molecule has 0 aromatic heterocycles. The first-order valence-electron chi connectivity index (χ1n) is 17.4. The van der Waals surface area contributed by atoms with Crippen molar-refractivity contribution in [2.24, 2.45) is 0 Å². The number of hydrogen-bond donors (Lipinski definition) is 4. The highest BCUT2D eigenvalue weighted by Crippen LogP contribution is 2.43. The van der Waals surface area contributed by atoms with E-state index in [0.717, 1.165) is 0 Å². The second-order valence-corrected chi connectivity index (χ2v) is 13.8. The van der Waals surface area contributed by atoms with Gasteiger partial charge in [-0.15, -0.1) is 0 Å². The lowest BCUT2D eigenvalue weighted by Crippen LogP contribution is -2.49. The number of amides is 3. The van der Waals surface area contributed by atoms with E-state index in [2.05, 4.69) is 16.0 Å². The lowest BCUT2D eigenvalue weighted by molar-refractivity contribution is -0.385. The van der Waals surface area contributed by atoms with Crippen molar-refractivity contribution in [3.63, 3.8) is 0 Å². The fourth-order valence-electron chi connectivity index (χ4n) is 6.12. The van der Waals surface area contributed by atoms with Crippen LogP contribution in [-0.2, 0) is 38.5 Å². The van der Waals surface area contributed by atoms with Gasteiger partial charge < -0.3 is 44.7 Å². The summed E-state index contributed by atoms with van der Waals surface area (Å²) in [6.45, 7) is 4.81. The van der Waals surface area contributed by atoms with Gasteiger partial charge in [0.15, 0.2) is 6.04 Å². The van der Waals surface area contributed by atoms with Gasteiger partial charge in [0.2, 0.25) is 17.6 Å². The molecule has 294 valence electrons. The second kappa shape index (κ2) is 17.1. The molecule has 3 amide bonds. The van der Waals surface area contributed by atoms with Crippen LogP contribution >= 0.6 is 0 Å². The van der Waals surface area contributed by atoms with Gasteiger partial charge in [-0.1, -0.05) is 24.3 Å². The third-order valence-electron chi connectivity index (χ3n) is 8.60. The molecule has 0 radical (unpaired) electrons. The lowest BCUT2D eigenvalue weighted by Gasteiger charge is -2.24. The molecule has 0 aliphatic carbocycles. The highest BCUT2D eigenvalue weighted by molar-refractivity contribution is 5.88. The molecule has 0 unspecified atom stereocenters. The number of nitro groups is 1. The third kappa shape index (κ3) is 9.82. The van der Waals surface area contributed by atoms with Crippen LogP contribution in [0.1, 0.15) is 49.1 Å². The molecular formula is C40H42N4O12. The molecule has 6 bridgehead atoms. The molecule has 2 aliphatic heterocycles. The Bertz CT molecular complexity index is 2160. The molecule has 56 heavy (non-hydrogen) atoms. The minimum atomic E-state index is -1.50. The van der Waals surface area contributed by atoms with Crippen LogP contribution in [0.15, 0.2) is 72.8 Å². The van der Waals surface area contributed by atoms with Crippen LogP contribution in [-0.4, -0.2) is 66.9 Å². The van der Waals surface area contributed by atoms with E-state index in [9.17, 15) is 34.4 Å². The zero-order valence-corrected chi connectivity index (χ0v) is 31.6. The smallest absolute Gasteiger partial charge is 0.408 e. The maximum atomic E-state index is 14.0. The number of carbonyl (C=O) groups excluding carboxylic acids is 3. The van der Waals surface area contributed by atoms with Gasteiger partial charge in [0, 0.05) is 36.2 Å². The second-order valence-electron chi connectivity index (χ2n) is 13.8. The monoisotopic (exact) mass is 770 g/mol. The predicted molar refractivity (Wildman–Crippen MR) is 202 cm³/mol. The first-order chi connectivity index (χ1) is 26.6. The maximum absolute atomic E-state index is 14.0. The van der Waals surface area contributed by atoms with Crippen molar-refractivity contribution in [1.29, 1.82) is 0 Å². The van der Waals surface area contributed by atoms with E-state index < -0.39 is 52.2 Å². The largest absolute Gasteiger partial charge is 0.497 e. The number of nitrogens with zero attached hydrogens (tertiary/aromatic N) is 1. The highest BCUT2D eigenvalue weighted by atomic mass is 16.6. The number of ether oxygens (including phenoxy) is 5. The molecule has 0 saturated carbocycles. The van der Waals surface area contributed by atoms with Crippen molar-refractivity contribution >= 4 is 29.6 Å². The molecule has 0 saturated heterocycles. The number of rotatable bonds is 6. The van der Waals surface area contributed by atoms with Crippen LogP contribution in [0.2, 0.25) is 0 Å². The summed E-state index contributed by atoms with van der Waals surface area (Å²) in [5.41, 5.74) is 0.866. The Hall–Kier alpha value is -6.84. The van der Waals surface area contributed by atoms with E-state index in [1.807, 2.05) is 0 Å². The van der Waals surface area contributed by atoms with E-state index in [1.165, 1.54) is 51.7 Å². The number of carboxylic acids is 1. The van der Waals surface area contributed by atoms with Gasteiger partial charge in [-0.3, -0.25) is 19.7 Å². The average Bonchev–Trinajstić information content (AvgIpc) is 3.14. The molecule has 4 N–H and O–H groups in total. The van der Waals surface area contributed by atoms with Crippen LogP contribution in [0.5, 0.6) is 28.7 Å². The Morgan fingerprint density at radius 3 is 2.34 bits per heavy atom. The summed E-state index contributed by atoms with van der Waals surface area (Å²) in [6, 6.07) is 15.5. The standard InChI is InChI=1S/C40H42N4O12/c1-40(2,3)56-39(49)42-29-15-23-10-12-32(30(16-23)44(50)51)55-26-9-7-8-22(14-26)17-34(45)43-36(38(47)48)24-11-13-31(53-5)28(19-24)35-25(21-41-37(29)46)18-27(52-4)20-33(35)54-6/h7-14,16,18-20,29,36H,15,17,21H2,1-6H3,(H,41,46)(H,42,49)(H,43,45)(H,47,48)/t29-,36+/m0/s1. The van der Waals surface area contributed by atoms with Crippen LogP contribution in [0, 0.1) is 10.1 Å². The summed E-state index contributed by atoms with van der Waals surface area (Å²) in [7, 11) is 4.31. The van der Waals surface area contributed by atoms with Gasteiger partial charge in [0.1, 0.15) is 34.6 Å². The number of fused-ring (bicyclic) bond motifs is 9. The van der Waals surface area contributed by atoms with Gasteiger partial charge in [-0.05, 0) is 79.4 Å². The van der Waals surface area contributed by atoms with E-state index in [4.69, 9.17) is 23.7 Å². The SMILES string of the molecule is COc1cc2c(c(OC)c1)-c1cc(ccc1OC)[C@H](C(=O)O)NC(=O)Cc1cccc(c1)Oc1ccc(cc1[N+](=O)[O-])C[C@H](NC(=O)OC(C)(C)C)C(=O)NC2. The third-order valence-corrected chi connectivity index (χ3v) is 8.60. The number of hydrogen-bond acceptors (Lipinski definition) is 11. The molecule has 0 fully saturated rings. The molecule has 2 heterocycles. The van der Waals surface area contributed by atoms with E-state index in [-0.39, 0.29) is 42.2 Å². The summed E-state index contributed by atoms with van der Waals surface area (Å²) in [4.78, 5) is 64.6. The van der Waals surface area contributed by atoms with Crippen LogP contribution < -0.4 is 34.9 Å². The normalized spacial score (nSPS) is 16.0. The minimum absolute atomic E-state index is 0.121. The fraction of sp³-hybridized carbons (Fsp3) is 0.300. The lowest BCUT2D eigenvalue weighted by atomic mass is 9.93. The summed E-state index contributed by atoms with van der Waals surface area (Å²) in [5.74, 6) is -1.60. The highest BCUT2D eigenvalue weighted by Gasteiger charge is 2.29. The Labute approximate surface area is 322 Å². The minimum Gasteiger partial charge on any atom is -0.497 e. The van der Waals surface area contributed by atoms with Gasteiger partial charge in [-0.25, -0.2) is 9.59 Å². The maximum Gasteiger partial charge on any atom is 0.408 e. The Morgan fingerprint density at radius 2 is 1.68 bits per heavy atom. The van der Waals surface area contributed by atoms with Crippen LogP contribution in [0.3, 0.4) is 0 Å². The number of benzene rings is 4. The van der Waals surface area contributed by atoms with Crippen molar-refractivity contribution in [2.45, 2.75) is 57.8 Å². The topological polar surface area (TPSA) is 214 Å². The Kier molecular flexibility index (Phi) is 12.3. The van der Waals surface area contributed by atoms with E-state index >= 15 is 0 Å². The molecule has 16 nitrogen and oxygen atoms in total. The molecule has 4 aromatic carbocycles. The molecule has 16 heteroatoms. The zero-order valence-electron chi connectivity index (χ0n) is 31.6. The average molecular weight is 771 g/mol. The number of carbonyl (C=O) groups is 4. The molecule has 2 aliphatic rings. The number of methoxy groups -OCH3 is 3. The summed E-state index contributed by atoms with van der Waals surface area (Å²) in [5, 5.41) is 30.6. The first kappa shape index (κ1) is 40.3.